The smallest absolute Gasteiger partial charge is 0.305 e. The van der Waals surface area contributed by atoms with Gasteiger partial charge in [0.25, 0.3) is 0 Å². The van der Waals surface area contributed by atoms with Gasteiger partial charge in [0.15, 0.2) is 11.7 Å². The van der Waals surface area contributed by atoms with Crippen molar-refractivity contribution in [3.63, 3.8) is 0 Å². The molecule has 24 heavy (non-hydrogen) atoms. The summed E-state index contributed by atoms with van der Waals surface area (Å²) in [4.78, 5) is 12.2. The van der Waals surface area contributed by atoms with Gasteiger partial charge in [0.05, 0.1) is 5.27 Å². The summed E-state index contributed by atoms with van der Waals surface area (Å²) >= 11 is 3.11. The van der Waals surface area contributed by atoms with E-state index in [0.717, 1.165) is 5.56 Å². The van der Waals surface area contributed by atoms with E-state index in [2.05, 4.69) is 25.7 Å². The first-order valence-corrected chi connectivity index (χ1v) is 7.98. The summed E-state index contributed by atoms with van der Waals surface area (Å²) in [6.07, 6.45) is 3.32. The van der Waals surface area contributed by atoms with Crippen molar-refractivity contribution in [3.8, 4) is 11.6 Å². The fourth-order valence-electron chi connectivity index (χ4n) is 2.11. The Morgan fingerprint density at radius 2 is 1.83 bits per heavy atom. The average molecular weight is 385 g/mol. The second-order valence-corrected chi connectivity index (χ2v) is 5.97. The molecule has 0 fully saturated rings. The molecule has 0 unspecified atom stereocenters. The maximum atomic E-state index is 12.2. The van der Waals surface area contributed by atoms with E-state index < -0.39 is 5.95 Å². The van der Waals surface area contributed by atoms with Gasteiger partial charge in [-0.05, 0) is 35.4 Å². The molecule has 0 radical (unpaired) electrons. The largest absolute Gasteiger partial charge is 0.538 e. The number of carbonyl (C=O) groups is 1. The lowest BCUT2D eigenvalue weighted by Crippen LogP contribution is -2.33. The number of ketones is 1. The Morgan fingerprint density at radius 1 is 1.17 bits per heavy atom. The van der Waals surface area contributed by atoms with Crippen molar-refractivity contribution in [3.05, 3.63) is 75.9 Å². The molecule has 0 atom stereocenters. The van der Waals surface area contributed by atoms with E-state index in [1.54, 1.807) is 30.3 Å². The molecule has 0 amide bonds. The zero-order valence-electron chi connectivity index (χ0n) is 12.8. The number of hydrogen-bond acceptors (Lipinski definition) is 4. The lowest BCUT2D eigenvalue weighted by molar-refractivity contribution is -0.680. The van der Waals surface area contributed by atoms with Crippen LogP contribution in [-0.4, -0.2) is 11.1 Å². The molecule has 0 N–H and O–H groups in total. The maximum Gasteiger partial charge on any atom is 0.305 e. The number of allylic oxidation sites excluding steroid dienone is 1. The Bertz CT molecular complexity index is 897. The molecule has 0 aliphatic heterocycles. The summed E-state index contributed by atoms with van der Waals surface area (Å²) < 4.78 is 6.07. The molecule has 0 aliphatic carbocycles. The number of nitrogens with zero attached hydrogens (tertiary/aromatic N) is 2. The number of aryl methyl sites for hydroxylation is 1. The van der Waals surface area contributed by atoms with Crippen molar-refractivity contribution in [2.75, 3.05) is 0 Å². The fourth-order valence-corrected chi connectivity index (χ4v) is 2.45. The molecule has 3 rings (SSSR count). The molecular weight excluding hydrogens is 372 g/mol. The average Bonchev–Trinajstić information content (AvgIpc) is 2.93. The standard InChI is InChI=1S/C18H13BrN2O3/c1-12-2-4-13(5-3-12)6-11-16(22)14-7-9-15(10-8-14)21-17(19)18(23)24-20-21/h2-11H,1H3/b11-6+. The zero-order chi connectivity index (χ0) is 17.1. The van der Waals surface area contributed by atoms with Gasteiger partial charge in [-0.25, -0.2) is 0 Å². The lowest BCUT2D eigenvalue weighted by Gasteiger charge is -1.97. The molecule has 2 aromatic carbocycles. The second kappa shape index (κ2) is 6.80. The normalized spacial score (nSPS) is 11.1. The number of halogens is 1. The summed E-state index contributed by atoms with van der Waals surface area (Å²) in [5.41, 5.74) is 3.30. The van der Waals surface area contributed by atoms with Crippen molar-refractivity contribution in [1.82, 2.24) is 5.27 Å². The minimum absolute atomic E-state index is 0.101. The SMILES string of the molecule is Cc1ccc(/C=C/C(=O)c2ccc(-[n+]3noc([O-])c3Br)cc2)cc1. The Kier molecular flexibility index (Phi) is 4.57. The van der Waals surface area contributed by atoms with Crippen LogP contribution in [0.4, 0.5) is 0 Å². The third-order valence-electron chi connectivity index (χ3n) is 3.46. The first kappa shape index (κ1) is 16.1. The fraction of sp³-hybridized carbons (Fsp3) is 0.0556. The van der Waals surface area contributed by atoms with Crippen molar-refractivity contribution >= 4 is 27.8 Å². The molecule has 3 aromatic rings. The molecule has 0 saturated heterocycles. The topological polar surface area (TPSA) is 70.0 Å². The third kappa shape index (κ3) is 3.44. The molecule has 1 aromatic heterocycles. The van der Waals surface area contributed by atoms with Crippen LogP contribution in [0, 0.1) is 6.92 Å². The zero-order valence-corrected chi connectivity index (χ0v) is 14.4. The van der Waals surface area contributed by atoms with E-state index >= 15 is 0 Å². The van der Waals surface area contributed by atoms with Gasteiger partial charge >= 0.3 is 4.60 Å². The predicted octanol–water partition coefficient (Wildman–Crippen LogP) is 2.99. The number of aromatic nitrogens is 2. The van der Waals surface area contributed by atoms with E-state index in [1.807, 2.05) is 31.2 Å². The molecule has 0 saturated carbocycles. The van der Waals surface area contributed by atoms with E-state index in [-0.39, 0.29) is 10.4 Å². The van der Waals surface area contributed by atoms with E-state index in [0.29, 0.717) is 11.3 Å². The van der Waals surface area contributed by atoms with Crippen molar-refractivity contribution in [1.29, 1.82) is 0 Å². The number of rotatable bonds is 4. The van der Waals surface area contributed by atoms with Crippen LogP contribution < -0.4 is 9.79 Å². The highest BCUT2D eigenvalue weighted by Gasteiger charge is 2.17. The molecule has 120 valence electrons. The Balaban J connectivity index is 1.76. The number of benzene rings is 2. The summed E-state index contributed by atoms with van der Waals surface area (Å²) in [7, 11) is 0. The minimum Gasteiger partial charge on any atom is -0.538 e. The highest BCUT2D eigenvalue weighted by Crippen LogP contribution is 2.17. The van der Waals surface area contributed by atoms with Crippen LogP contribution in [0.5, 0.6) is 5.95 Å². The first-order chi connectivity index (χ1) is 11.5. The van der Waals surface area contributed by atoms with Crippen molar-refractivity contribution in [2.24, 2.45) is 0 Å². The first-order valence-electron chi connectivity index (χ1n) is 7.18. The number of hydrogen-bond donors (Lipinski definition) is 0. The van der Waals surface area contributed by atoms with Crippen LogP contribution in [0.3, 0.4) is 0 Å². The second-order valence-electron chi connectivity index (χ2n) is 5.22. The molecule has 6 heteroatoms. The third-order valence-corrected chi connectivity index (χ3v) is 4.12. The van der Waals surface area contributed by atoms with Crippen LogP contribution in [0.25, 0.3) is 11.8 Å². The molecule has 1 heterocycles. The van der Waals surface area contributed by atoms with Gasteiger partial charge in [0, 0.05) is 33.6 Å². The maximum absolute atomic E-state index is 12.2. The summed E-state index contributed by atoms with van der Waals surface area (Å²) in [5, 5.41) is 14.9. The van der Waals surface area contributed by atoms with Crippen LogP contribution >= 0.6 is 15.9 Å². The van der Waals surface area contributed by atoms with Gasteiger partial charge < -0.3 is 9.63 Å². The van der Waals surface area contributed by atoms with Gasteiger partial charge in [0.2, 0.25) is 5.69 Å². The van der Waals surface area contributed by atoms with Gasteiger partial charge in [-0.1, -0.05) is 35.9 Å². The van der Waals surface area contributed by atoms with E-state index in [4.69, 9.17) is 0 Å². The van der Waals surface area contributed by atoms with Crippen LogP contribution in [0.2, 0.25) is 0 Å². The van der Waals surface area contributed by atoms with E-state index in [1.165, 1.54) is 16.3 Å². The van der Waals surface area contributed by atoms with Gasteiger partial charge in [-0.2, -0.15) is 0 Å². The van der Waals surface area contributed by atoms with Gasteiger partial charge in [-0.15, -0.1) is 0 Å². The van der Waals surface area contributed by atoms with Crippen LogP contribution in [-0.2, 0) is 0 Å². The predicted molar refractivity (Wildman–Crippen MR) is 89.7 cm³/mol. The highest BCUT2D eigenvalue weighted by atomic mass is 79.9. The Morgan fingerprint density at radius 3 is 2.42 bits per heavy atom. The van der Waals surface area contributed by atoms with E-state index in [9.17, 15) is 9.90 Å². The summed E-state index contributed by atoms with van der Waals surface area (Å²) in [6, 6.07) is 14.7. The van der Waals surface area contributed by atoms with Crippen LogP contribution in [0.15, 0.2) is 63.7 Å². The molecular formula is C18H13BrN2O3. The molecule has 5 nitrogen and oxygen atoms in total. The Labute approximate surface area is 147 Å². The molecule has 0 spiro atoms. The van der Waals surface area contributed by atoms with Crippen molar-refractivity contribution < 1.29 is 19.1 Å². The van der Waals surface area contributed by atoms with Crippen LogP contribution in [0.1, 0.15) is 21.5 Å². The highest BCUT2D eigenvalue weighted by molar-refractivity contribution is 9.10. The molecule has 0 bridgehead atoms. The number of carbonyl (C=O) groups excluding carboxylic acids is 1. The Hall–Kier alpha value is -2.73. The van der Waals surface area contributed by atoms with Crippen molar-refractivity contribution in [2.45, 2.75) is 6.92 Å². The lowest BCUT2D eigenvalue weighted by atomic mass is 10.1. The van der Waals surface area contributed by atoms with Gasteiger partial charge in [-0.3, -0.25) is 4.79 Å². The quantitative estimate of drug-likeness (QED) is 0.393. The molecule has 0 aliphatic rings. The summed E-state index contributed by atoms with van der Waals surface area (Å²) in [6.45, 7) is 2.02. The monoisotopic (exact) mass is 384 g/mol. The van der Waals surface area contributed by atoms with Gasteiger partial charge in [0.1, 0.15) is 0 Å². The summed E-state index contributed by atoms with van der Waals surface area (Å²) in [5.74, 6) is -0.660. The minimum atomic E-state index is -0.559.